The van der Waals surface area contributed by atoms with Gasteiger partial charge in [-0.15, -0.1) is 0 Å². The minimum Gasteiger partial charge on any atom is -0.417 e. The second kappa shape index (κ2) is 8.21. The second-order valence-electron chi connectivity index (χ2n) is 4.91. The highest BCUT2D eigenvalue weighted by atomic mass is 33.1. The van der Waals surface area contributed by atoms with Gasteiger partial charge in [0.05, 0.1) is 0 Å². The zero-order chi connectivity index (χ0) is 12.7. The van der Waals surface area contributed by atoms with E-state index in [4.69, 9.17) is 8.85 Å². The molecule has 0 atom stereocenters. The van der Waals surface area contributed by atoms with Crippen LogP contribution in [0.3, 0.4) is 0 Å². The predicted octanol–water partition coefficient (Wildman–Crippen LogP) is 3.93. The lowest BCUT2D eigenvalue weighted by molar-refractivity contribution is 0.333. The summed E-state index contributed by atoms with van der Waals surface area (Å²) in [6, 6.07) is 0. The van der Waals surface area contributed by atoms with Crippen molar-refractivity contribution >= 4 is 38.2 Å². The molecule has 0 amide bonds. The molecule has 0 aliphatic rings. The fourth-order valence-corrected chi connectivity index (χ4v) is 13.0. The van der Waals surface area contributed by atoms with Crippen LogP contribution in [0, 0.1) is 0 Å². The summed E-state index contributed by atoms with van der Waals surface area (Å²) in [7, 11) is 1.12. The summed E-state index contributed by atoms with van der Waals surface area (Å²) in [6.07, 6.45) is 0. The van der Waals surface area contributed by atoms with Crippen LogP contribution in [0.25, 0.3) is 0 Å². The van der Waals surface area contributed by atoms with E-state index >= 15 is 0 Å². The van der Waals surface area contributed by atoms with Crippen LogP contribution >= 0.6 is 21.6 Å². The minimum atomic E-state index is -1.40. The third kappa shape index (κ3) is 9.12. The van der Waals surface area contributed by atoms with Gasteiger partial charge in [0, 0.05) is 24.0 Å². The number of rotatable bonds is 9. The predicted molar refractivity (Wildman–Crippen MR) is 83.1 cm³/mol. The Labute approximate surface area is 111 Å². The Kier molecular flexibility index (Phi) is 8.75. The Morgan fingerprint density at radius 2 is 1.06 bits per heavy atom. The molecule has 0 saturated heterocycles. The first kappa shape index (κ1) is 17.1. The van der Waals surface area contributed by atoms with Gasteiger partial charge in [0.15, 0.2) is 16.6 Å². The van der Waals surface area contributed by atoms with Crippen LogP contribution < -0.4 is 0 Å². The molecule has 0 saturated carbocycles. The van der Waals surface area contributed by atoms with E-state index in [1.165, 1.54) is 10.8 Å². The molecule has 0 fully saturated rings. The molecule has 2 nitrogen and oxygen atoms in total. The van der Waals surface area contributed by atoms with E-state index in [9.17, 15) is 0 Å². The van der Waals surface area contributed by atoms with Crippen LogP contribution in [0.2, 0.25) is 26.2 Å². The van der Waals surface area contributed by atoms with Crippen molar-refractivity contribution in [1.82, 2.24) is 0 Å². The number of hydrogen-bond acceptors (Lipinski definition) is 4. The van der Waals surface area contributed by atoms with Crippen molar-refractivity contribution in [2.75, 3.05) is 24.0 Å². The summed E-state index contributed by atoms with van der Waals surface area (Å²) in [6.45, 7) is 15.0. The maximum Gasteiger partial charge on any atom is 0.197 e. The van der Waals surface area contributed by atoms with Gasteiger partial charge in [-0.2, -0.15) is 0 Å². The van der Waals surface area contributed by atoms with E-state index in [1.54, 1.807) is 0 Å². The van der Waals surface area contributed by atoms with Gasteiger partial charge >= 0.3 is 0 Å². The summed E-state index contributed by atoms with van der Waals surface area (Å²) in [4.78, 5) is 0. The van der Waals surface area contributed by atoms with Gasteiger partial charge in [-0.25, -0.2) is 0 Å². The molecule has 0 aliphatic heterocycles. The van der Waals surface area contributed by atoms with Crippen molar-refractivity contribution in [3.8, 4) is 0 Å². The Morgan fingerprint density at radius 3 is 1.31 bits per heavy atom. The van der Waals surface area contributed by atoms with Crippen LogP contribution in [0.4, 0.5) is 0 Å². The topological polar surface area (TPSA) is 18.5 Å². The largest absolute Gasteiger partial charge is 0.417 e. The monoisotopic (exact) mass is 298 g/mol. The molecule has 0 heterocycles. The minimum absolute atomic E-state index is 0.851. The summed E-state index contributed by atoms with van der Waals surface area (Å²) >= 11 is 0. The maximum absolute atomic E-state index is 5.79. The molecule has 0 spiro atoms. The molecule has 16 heavy (non-hydrogen) atoms. The van der Waals surface area contributed by atoms with E-state index in [0.717, 1.165) is 13.2 Å². The van der Waals surface area contributed by atoms with Crippen LogP contribution in [0.15, 0.2) is 0 Å². The highest BCUT2D eigenvalue weighted by molar-refractivity contribution is 8.77. The number of hydrogen-bond donors (Lipinski definition) is 0. The first-order chi connectivity index (χ1) is 7.33. The Bertz CT molecular complexity index is 170. The second-order valence-corrected chi connectivity index (χ2v) is 16.7. The molecule has 0 unspecified atom stereocenters. The molecule has 0 aromatic carbocycles. The van der Waals surface area contributed by atoms with Gasteiger partial charge in [-0.05, 0) is 40.0 Å². The van der Waals surface area contributed by atoms with Gasteiger partial charge in [0.25, 0.3) is 0 Å². The molecular weight excluding hydrogens is 272 g/mol. The molecule has 6 heteroatoms. The van der Waals surface area contributed by atoms with Crippen LogP contribution in [0.5, 0.6) is 0 Å². The summed E-state index contributed by atoms with van der Waals surface area (Å²) in [5.74, 6) is 0. The van der Waals surface area contributed by atoms with Gasteiger partial charge < -0.3 is 8.85 Å². The van der Waals surface area contributed by atoms with Crippen LogP contribution in [-0.4, -0.2) is 40.6 Å². The van der Waals surface area contributed by atoms with Gasteiger partial charge in [0.1, 0.15) is 0 Å². The quantitative estimate of drug-likeness (QED) is 0.364. The molecule has 0 radical (unpaired) electrons. The van der Waals surface area contributed by atoms with E-state index in [0.29, 0.717) is 0 Å². The van der Waals surface area contributed by atoms with Crippen molar-refractivity contribution in [2.45, 2.75) is 40.0 Å². The molecule has 0 rings (SSSR count). The SMILES string of the molecule is CCO[Si](C)(C)CSSC[Si](C)(C)OCC. The van der Waals surface area contributed by atoms with Crippen molar-refractivity contribution in [1.29, 1.82) is 0 Å². The van der Waals surface area contributed by atoms with E-state index < -0.39 is 16.6 Å². The van der Waals surface area contributed by atoms with E-state index in [1.807, 2.05) is 21.6 Å². The summed E-state index contributed by atoms with van der Waals surface area (Å²) in [5, 5.41) is 2.34. The Hall–Kier alpha value is 1.05. The first-order valence-electron chi connectivity index (χ1n) is 5.85. The van der Waals surface area contributed by atoms with Crippen LogP contribution in [-0.2, 0) is 8.85 Å². The maximum atomic E-state index is 5.79. The Balaban J connectivity index is 3.67. The Morgan fingerprint density at radius 1 is 0.750 bits per heavy atom. The third-order valence-corrected chi connectivity index (χ3v) is 13.4. The fourth-order valence-electron chi connectivity index (χ4n) is 1.23. The first-order valence-corrected chi connectivity index (χ1v) is 14.6. The molecule has 98 valence electrons. The smallest absolute Gasteiger partial charge is 0.197 e. The van der Waals surface area contributed by atoms with Gasteiger partial charge in [-0.1, -0.05) is 21.6 Å². The van der Waals surface area contributed by atoms with E-state index in [2.05, 4.69) is 40.0 Å². The highest BCUT2D eigenvalue weighted by Crippen LogP contribution is 2.28. The van der Waals surface area contributed by atoms with E-state index in [-0.39, 0.29) is 0 Å². The van der Waals surface area contributed by atoms with Crippen LogP contribution in [0.1, 0.15) is 13.8 Å². The molecule has 0 aromatic rings. The average Bonchev–Trinajstić information content (AvgIpc) is 2.12. The molecule has 0 aromatic heterocycles. The van der Waals surface area contributed by atoms with Gasteiger partial charge in [0.2, 0.25) is 0 Å². The lowest BCUT2D eigenvalue weighted by Crippen LogP contribution is -2.35. The van der Waals surface area contributed by atoms with Crippen molar-refractivity contribution < 1.29 is 8.85 Å². The standard InChI is InChI=1S/C10H26O2S2Si2/c1-7-11-15(3,4)9-13-14-10-16(5,6)12-8-2/h7-10H2,1-6H3. The van der Waals surface area contributed by atoms with Crippen molar-refractivity contribution in [3.05, 3.63) is 0 Å². The molecular formula is C10H26O2S2Si2. The fraction of sp³-hybridized carbons (Fsp3) is 1.00. The average molecular weight is 299 g/mol. The summed E-state index contributed by atoms with van der Waals surface area (Å²) < 4.78 is 11.6. The summed E-state index contributed by atoms with van der Waals surface area (Å²) in [5.41, 5.74) is 0. The van der Waals surface area contributed by atoms with Crippen molar-refractivity contribution in [2.24, 2.45) is 0 Å². The normalized spacial score (nSPS) is 13.1. The molecule has 0 N–H and O–H groups in total. The zero-order valence-electron chi connectivity index (χ0n) is 11.5. The highest BCUT2D eigenvalue weighted by Gasteiger charge is 2.25. The third-order valence-electron chi connectivity index (χ3n) is 1.97. The zero-order valence-corrected chi connectivity index (χ0v) is 15.1. The van der Waals surface area contributed by atoms with Crippen molar-refractivity contribution in [3.63, 3.8) is 0 Å². The lowest BCUT2D eigenvalue weighted by Gasteiger charge is -2.23. The molecule has 0 aliphatic carbocycles. The van der Waals surface area contributed by atoms with Gasteiger partial charge in [-0.3, -0.25) is 0 Å². The molecule has 0 bridgehead atoms. The lowest BCUT2D eigenvalue weighted by atomic mass is 10.9.